The van der Waals surface area contributed by atoms with E-state index in [2.05, 4.69) is 13.5 Å². The van der Waals surface area contributed by atoms with Crippen molar-refractivity contribution >= 4 is 0 Å². The van der Waals surface area contributed by atoms with Gasteiger partial charge in [-0.05, 0) is 25.7 Å². The summed E-state index contributed by atoms with van der Waals surface area (Å²) in [6.07, 6.45) is 11.1. The van der Waals surface area contributed by atoms with E-state index in [9.17, 15) is 0 Å². The summed E-state index contributed by atoms with van der Waals surface area (Å²) in [4.78, 5) is 0. The summed E-state index contributed by atoms with van der Waals surface area (Å²) in [5.74, 6) is 0. The summed E-state index contributed by atoms with van der Waals surface area (Å²) in [6.45, 7) is 5.95. The molecule has 0 saturated carbocycles. The number of hydrogen-bond donors (Lipinski definition) is 0. The van der Waals surface area contributed by atoms with Gasteiger partial charge in [-0.3, -0.25) is 0 Å². The molecule has 0 aliphatic carbocycles. The third-order valence-electron chi connectivity index (χ3n) is 2.40. The SMILES string of the molecule is C=CCCCC(CCCCC)OC. The second-order valence-corrected chi connectivity index (χ2v) is 3.57. The molecule has 0 saturated heterocycles. The van der Waals surface area contributed by atoms with Crippen LogP contribution in [0.15, 0.2) is 12.7 Å². The third-order valence-corrected chi connectivity index (χ3v) is 2.40. The molecule has 1 atom stereocenters. The Balaban J connectivity index is 3.33. The first kappa shape index (κ1) is 12.7. The molecule has 78 valence electrons. The smallest absolute Gasteiger partial charge is 0.0571 e. The summed E-state index contributed by atoms with van der Waals surface area (Å²) in [5.41, 5.74) is 0. The highest BCUT2D eigenvalue weighted by molar-refractivity contribution is 4.68. The fourth-order valence-electron chi connectivity index (χ4n) is 1.49. The zero-order valence-electron chi connectivity index (χ0n) is 9.22. The van der Waals surface area contributed by atoms with Crippen molar-refractivity contribution in [3.8, 4) is 0 Å². The maximum atomic E-state index is 5.41. The minimum atomic E-state index is 0.478. The number of hydrogen-bond acceptors (Lipinski definition) is 1. The van der Waals surface area contributed by atoms with Crippen LogP contribution in [0.2, 0.25) is 0 Å². The van der Waals surface area contributed by atoms with Gasteiger partial charge in [-0.2, -0.15) is 0 Å². The zero-order valence-corrected chi connectivity index (χ0v) is 9.22. The van der Waals surface area contributed by atoms with E-state index in [1.54, 1.807) is 0 Å². The van der Waals surface area contributed by atoms with E-state index in [1.807, 2.05) is 13.2 Å². The van der Waals surface area contributed by atoms with Gasteiger partial charge in [0.15, 0.2) is 0 Å². The van der Waals surface area contributed by atoms with Crippen molar-refractivity contribution in [2.24, 2.45) is 0 Å². The van der Waals surface area contributed by atoms with Crippen LogP contribution in [0.25, 0.3) is 0 Å². The number of unbranched alkanes of at least 4 members (excludes halogenated alkanes) is 3. The first-order valence-electron chi connectivity index (χ1n) is 5.48. The number of rotatable bonds is 9. The van der Waals surface area contributed by atoms with Gasteiger partial charge in [0.25, 0.3) is 0 Å². The fourth-order valence-corrected chi connectivity index (χ4v) is 1.49. The van der Waals surface area contributed by atoms with E-state index in [1.165, 1.54) is 38.5 Å². The molecule has 0 aromatic rings. The Kier molecular flexibility index (Phi) is 9.56. The maximum absolute atomic E-state index is 5.41. The van der Waals surface area contributed by atoms with E-state index >= 15 is 0 Å². The highest BCUT2D eigenvalue weighted by Gasteiger charge is 2.05. The monoisotopic (exact) mass is 184 g/mol. The molecule has 0 aliphatic heterocycles. The predicted octanol–water partition coefficient (Wildman–Crippen LogP) is 3.94. The molecule has 0 fully saturated rings. The van der Waals surface area contributed by atoms with E-state index in [4.69, 9.17) is 4.74 Å². The van der Waals surface area contributed by atoms with Crippen LogP contribution in [0.4, 0.5) is 0 Å². The maximum Gasteiger partial charge on any atom is 0.0571 e. The van der Waals surface area contributed by atoms with Gasteiger partial charge in [0.1, 0.15) is 0 Å². The van der Waals surface area contributed by atoms with Gasteiger partial charge in [0.05, 0.1) is 6.10 Å². The Morgan fingerprint density at radius 2 is 1.92 bits per heavy atom. The largest absolute Gasteiger partial charge is 0.381 e. The van der Waals surface area contributed by atoms with Gasteiger partial charge in [0, 0.05) is 7.11 Å². The molecule has 0 spiro atoms. The molecule has 1 heteroatoms. The van der Waals surface area contributed by atoms with Crippen molar-refractivity contribution in [2.75, 3.05) is 7.11 Å². The summed E-state index contributed by atoms with van der Waals surface area (Å²) < 4.78 is 5.41. The van der Waals surface area contributed by atoms with Crippen molar-refractivity contribution in [3.05, 3.63) is 12.7 Å². The van der Waals surface area contributed by atoms with Gasteiger partial charge < -0.3 is 4.74 Å². The van der Waals surface area contributed by atoms with Crippen molar-refractivity contribution < 1.29 is 4.74 Å². The lowest BCUT2D eigenvalue weighted by Crippen LogP contribution is -2.09. The summed E-state index contributed by atoms with van der Waals surface area (Å²) in [7, 11) is 1.82. The first-order valence-corrected chi connectivity index (χ1v) is 5.48. The Morgan fingerprint density at radius 3 is 2.46 bits per heavy atom. The van der Waals surface area contributed by atoms with Crippen molar-refractivity contribution in [3.63, 3.8) is 0 Å². The zero-order chi connectivity index (χ0) is 9.94. The van der Waals surface area contributed by atoms with Crippen LogP contribution in [0, 0.1) is 0 Å². The average molecular weight is 184 g/mol. The van der Waals surface area contributed by atoms with Crippen molar-refractivity contribution in [1.82, 2.24) is 0 Å². The summed E-state index contributed by atoms with van der Waals surface area (Å²) >= 11 is 0. The van der Waals surface area contributed by atoms with Gasteiger partial charge in [-0.1, -0.05) is 32.3 Å². The van der Waals surface area contributed by atoms with E-state index in [0.29, 0.717) is 6.10 Å². The standard InChI is InChI=1S/C12H24O/c1-4-6-8-10-12(13-3)11-9-7-5-2/h4,12H,1,5-11H2,2-3H3. The molecule has 0 aliphatic rings. The Hall–Kier alpha value is -0.300. The highest BCUT2D eigenvalue weighted by Crippen LogP contribution is 2.12. The van der Waals surface area contributed by atoms with Crippen LogP contribution in [0.5, 0.6) is 0 Å². The van der Waals surface area contributed by atoms with Gasteiger partial charge in [0.2, 0.25) is 0 Å². The van der Waals surface area contributed by atoms with Crippen LogP contribution in [0.1, 0.15) is 51.9 Å². The van der Waals surface area contributed by atoms with E-state index in [0.717, 1.165) is 6.42 Å². The number of methoxy groups -OCH3 is 1. The molecule has 0 bridgehead atoms. The molecule has 0 aromatic carbocycles. The van der Waals surface area contributed by atoms with Crippen LogP contribution in [-0.2, 0) is 4.74 Å². The predicted molar refractivity (Wildman–Crippen MR) is 59.0 cm³/mol. The van der Waals surface area contributed by atoms with Crippen molar-refractivity contribution in [1.29, 1.82) is 0 Å². The normalized spacial score (nSPS) is 12.8. The lowest BCUT2D eigenvalue weighted by molar-refractivity contribution is 0.0842. The number of allylic oxidation sites excluding steroid dienone is 1. The third kappa shape index (κ3) is 8.04. The lowest BCUT2D eigenvalue weighted by atomic mass is 10.1. The molecule has 0 radical (unpaired) electrons. The van der Waals surface area contributed by atoms with Crippen molar-refractivity contribution in [2.45, 2.75) is 58.0 Å². The van der Waals surface area contributed by atoms with Crippen LogP contribution in [-0.4, -0.2) is 13.2 Å². The molecular formula is C12H24O. The molecule has 0 heterocycles. The van der Waals surface area contributed by atoms with E-state index in [-0.39, 0.29) is 0 Å². The molecule has 13 heavy (non-hydrogen) atoms. The fraction of sp³-hybridized carbons (Fsp3) is 0.833. The minimum Gasteiger partial charge on any atom is -0.381 e. The van der Waals surface area contributed by atoms with Crippen LogP contribution >= 0.6 is 0 Å². The number of ether oxygens (including phenoxy) is 1. The Labute approximate surface area is 83.2 Å². The van der Waals surface area contributed by atoms with Crippen LogP contribution < -0.4 is 0 Å². The molecule has 1 unspecified atom stereocenters. The van der Waals surface area contributed by atoms with Gasteiger partial charge in [-0.25, -0.2) is 0 Å². The molecule has 1 nitrogen and oxygen atoms in total. The summed E-state index contributed by atoms with van der Waals surface area (Å²) in [5, 5.41) is 0. The van der Waals surface area contributed by atoms with Gasteiger partial charge in [-0.15, -0.1) is 6.58 Å². The summed E-state index contributed by atoms with van der Waals surface area (Å²) in [6, 6.07) is 0. The quantitative estimate of drug-likeness (QED) is 0.389. The topological polar surface area (TPSA) is 9.23 Å². The Bertz CT molecular complexity index is 110. The van der Waals surface area contributed by atoms with E-state index < -0.39 is 0 Å². The van der Waals surface area contributed by atoms with Gasteiger partial charge >= 0.3 is 0 Å². The van der Waals surface area contributed by atoms with Crippen LogP contribution in [0.3, 0.4) is 0 Å². The highest BCUT2D eigenvalue weighted by atomic mass is 16.5. The molecular weight excluding hydrogens is 160 g/mol. The molecule has 0 amide bonds. The lowest BCUT2D eigenvalue weighted by Gasteiger charge is -2.14. The molecule has 0 N–H and O–H groups in total. The second-order valence-electron chi connectivity index (χ2n) is 3.57. The average Bonchev–Trinajstić information content (AvgIpc) is 2.16. The minimum absolute atomic E-state index is 0.478. The molecule has 0 rings (SSSR count). The Morgan fingerprint density at radius 1 is 1.23 bits per heavy atom. The molecule has 0 aromatic heterocycles. The first-order chi connectivity index (χ1) is 6.35. The second kappa shape index (κ2) is 9.79.